The zero-order valence-corrected chi connectivity index (χ0v) is 7.95. The van der Waals surface area contributed by atoms with Crippen LogP contribution < -0.4 is 4.84 Å². The van der Waals surface area contributed by atoms with Crippen LogP contribution in [0.3, 0.4) is 0 Å². The summed E-state index contributed by atoms with van der Waals surface area (Å²) in [6, 6.07) is 5.86. The van der Waals surface area contributed by atoms with E-state index in [0.29, 0.717) is 5.88 Å². The molecular weight excluding hydrogens is 188 g/mol. The van der Waals surface area contributed by atoms with E-state index in [4.69, 9.17) is 16.4 Å². The number of fused-ring (bicyclic) bond motifs is 1. The molecule has 0 spiro atoms. The number of nitrogens with zero attached hydrogens (tertiary/aromatic N) is 2. The van der Waals surface area contributed by atoms with E-state index in [0.717, 1.165) is 16.6 Å². The van der Waals surface area contributed by atoms with Crippen LogP contribution in [0.5, 0.6) is 0 Å². The molecule has 0 N–H and O–H groups in total. The van der Waals surface area contributed by atoms with Crippen molar-refractivity contribution in [2.75, 3.05) is 7.11 Å². The largest absolute Gasteiger partial charge is 0.416 e. The van der Waals surface area contributed by atoms with Gasteiger partial charge >= 0.3 is 0 Å². The third kappa shape index (κ3) is 1.35. The number of imidazole rings is 1. The molecule has 0 saturated carbocycles. The van der Waals surface area contributed by atoms with E-state index in [9.17, 15) is 0 Å². The lowest BCUT2D eigenvalue weighted by atomic mass is 10.2. The molecule has 0 amide bonds. The topological polar surface area (TPSA) is 27.1 Å². The normalized spacial score (nSPS) is 10.6. The summed E-state index contributed by atoms with van der Waals surface area (Å²) in [7, 11) is 1.61. The summed E-state index contributed by atoms with van der Waals surface area (Å²) in [5.74, 6) is 0.505. The minimum Gasteiger partial charge on any atom is -0.416 e. The zero-order valence-electron chi connectivity index (χ0n) is 7.20. The van der Waals surface area contributed by atoms with Gasteiger partial charge in [0.25, 0.3) is 0 Å². The lowest BCUT2D eigenvalue weighted by Crippen LogP contribution is -2.02. The maximum absolute atomic E-state index is 5.72. The van der Waals surface area contributed by atoms with Gasteiger partial charge in [0.05, 0.1) is 5.52 Å². The first-order valence-corrected chi connectivity index (χ1v) is 4.45. The van der Waals surface area contributed by atoms with Crippen LogP contribution >= 0.6 is 11.6 Å². The van der Waals surface area contributed by atoms with Crippen molar-refractivity contribution >= 4 is 22.6 Å². The molecule has 13 heavy (non-hydrogen) atoms. The zero-order chi connectivity index (χ0) is 9.26. The maximum atomic E-state index is 5.72. The number of benzene rings is 1. The molecule has 0 radical (unpaired) electrons. The van der Waals surface area contributed by atoms with Gasteiger partial charge in [-0.25, -0.2) is 4.98 Å². The summed E-state index contributed by atoms with van der Waals surface area (Å²) < 4.78 is 1.62. The predicted molar refractivity (Wildman–Crippen MR) is 51.8 cm³/mol. The molecule has 3 nitrogen and oxygen atoms in total. The van der Waals surface area contributed by atoms with Crippen LogP contribution in [-0.4, -0.2) is 16.8 Å². The highest BCUT2D eigenvalue weighted by molar-refractivity contribution is 6.17. The first-order chi connectivity index (χ1) is 6.35. The lowest BCUT2D eigenvalue weighted by Gasteiger charge is -2.01. The molecule has 68 valence electrons. The highest BCUT2D eigenvalue weighted by Gasteiger charge is 2.02. The molecule has 1 heterocycles. The van der Waals surface area contributed by atoms with E-state index >= 15 is 0 Å². The molecule has 0 bridgehead atoms. The van der Waals surface area contributed by atoms with Gasteiger partial charge in [-0.3, -0.25) is 0 Å². The molecule has 1 aromatic carbocycles. The Morgan fingerprint density at radius 3 is 3.08 bits per heavy atom. The van der Waals surface area contributed by atoms with Gasteiger partial charge in [0, 0.05) is 5.88 Å². The fourth-order valence-corrected chi connectivity index (χ4v) is 1.43. The van der Waals surface area contributed by atoms with Crippen LogP contribution in [0.25, 0.3) is 11.0 Å². The molecule has 0 saturated heterocycles. The Morgan fingerprint density at radius 1 is 1.54 bits per heavy atom. The van der Waals surface area contributed by atoms with E-state index < -0.39 is 0 Å². The smallest absolute Gasteiger partial charge is 0.133 e. The SMILES string of the molecule is COn1cnc2ccc(CCl)cc21. The van der Waals surface area contributed by atoms with Crippen LogP contribution in [0.4, 0.5) is 0 Å². The second-order valence-corrected chi connectivity index (χ2v) is 2.98. The molecule has 2 rings (SSSR count). The average molecular weight is 197 g/mol. The number of aromatic nitrogens is 2. The monoisotopic (exact) mass is 196 g/mol. The summed E-state index contributed by atoms with van der Waals surface area (Å²) in [5.41, 5.74) is 2.92. The van der Waals surface area contributed by atoms with Gasteiger partial charge in [0.1, 0.15) is 19.0 Å². The molecule has 1 aromatic heterocycles. The van der Waals surface area contributed by atoms with E-state index in [1.54, 1.807) is 18.2 Å². The Kier molecular flexibility index (Phi) is 2.10. The van der Waals surface area contributed by atoms with Crippen LogP contribution in [-0.2, 0) is 5.88 Å². The van der Waals surface area contributed by atoms with Gasteiger partial charge < -0.3 is 4.84 Å². The third-order valence-electron chi connectivity index (χ3n) is 1.93. The number of halogens is 1. The first-order valence-electron chi connectivity index (χ1n) is 3.91. The minimum atomic E-state index is 0.505. The van der Waals surface area contributed by atoms with Gasteiger partial charge in [-0.1, -0.05) is 6.07 Å². The molecule has 0 unspecified atom stereocenters. The van der Waals surface area contributed by atoms with Gasteiger partial charge in [-0.05, 0) is 17.7 Å². The van der Waals surface area contributed by atoms with Gasteiger partial charge in [-0.15, -0.1) is 11.6 Å². The van der Waals surface area contributed by atoms with Crippen LogP contribution in [0.1, 0.15) is 5.56 Å². The summed E-state index contributed by atoms with van der Waals surface area (Å²) in [5, 5.41) is 0. The molecule has 4 heteroatoms. The highest BCUT2D eigenvalue weighted by Crippen LogP contribution is 2.15. The fraction of sp³-hybridized carbons (Fsp3) is 0.222. The van der Waals surface area contributed by atoms with Crippen molar-refractivity contribution in [3.63, 3.8) is 0 Å². The molecule has 0 aliphatic carbocycles. The first kappa shape index (κ1) is 8.38. The van der Waals surface area contributed by atoms with Crippen molar-refractivity contribution in [2.24, 2.45) is 0 Å². The van der Waals surface area contributed by atoms with Crippen molar-refractivity contribution in [3.05, 3.63) is 30.1 Å². The van der Waals surface area contributed by atoms with Crippen molar-refractivity contribution in [3.8, 4) is 0 Å². The predicted octanol–water partition coefficient (Wildman–Crippen LogP) is 1.83. The van der Waals surface area contributed by atoms with Crippen molar-refractivity contribution in [1.29, 1.82) is 0 Å². The second kappa shape index (κ2) is 3.26. The van der Waals surface area contributed by atoms with E-state index in [1.807, 2.05) is 18.2 Å². The molecule has 2 aromatic rings. The summed E-state index contributed by atoms with van der Waals surface area (Å²) in [4.78, 5) is 9.24. The fourth-order valence-electron chi connectivity index (χ4n) is 1.26. The Balaban J connectivity index is 2.64. The van der Waals surface area contributed by atoms with E-state index in [2.05, 4.69) is 4.98 Å². The molecule has 0 atom stereocenters. The quantitative estimate of drug-likeness (QED) is 0.686. The third-order valence-corrected chi connectivity index (χ3v) is 2.24. The van der Waals surface area contributed by atoms with Crippen LogP contribution in [0.2, 0.25) is 0 Å². The second-order valence-electron chi connectivity index (χ2n) is 2.71. The Labute approximate surface area is 80.9 Å². The van der Waals surface area contributed by atoms with Crippen LogP contribution in [0, 0.1) is 0 Å². The van der Waals surface area contributed by atoms with E-state index in [1.165, 1.54) is 0 Å². The molecule has 0 aliphatic heterocycles. The minimum absolute atomic E-state index is 0.505. The number of rotatable bonds is 2. The highest BCUT2D eigenvalue weighted by atomic mass is 35.5. The Hall–Kier alpha value is -1.22. The average Bonchev–Trinajstić information content (AvgIpc) is 2.59. The number of alkyl halides is 1. The Morgan fingerprint density at radius 2 is 2.38 bits per heavy atom. The van der Waals surface area contributed by atoms with Crippen molar-refractivity contribution in [2.45, 2.75) is 5.88 Å². The van der Waals surface area contributed by atoms with Gasteiger partial charge in [0.2, 0.25) is 0 Å². The Bertz CT molecular complexity index is 424. The van der Waals surface area contributed by atoms with Crippen molar-refractivity contribution < 1.29 is 4.84 Å². The summed E-state index contributed by atoms with van der Waals surface area (Å²) in [6.07, 6.45) is 1.64. The summed E-state index contributed by atoms with van der Waals surface area (Å²) in [6.45, 7) is 0. The lowest BCUT2D eigenvalue weighted by molar-refractivity contribution is 0.177. The van der Waals surface area contributed by atoms with E-state index in [-0.39, 0.29) is 0 Å². The molecule has 0 fully saturated rings. The molecular formula is C9H9ClN2O. The van der Waals surface area contributed by atoms with Crippen molar-refractivity contribution in [1.82, 2.24) is 9.71 Å². The summed E-state index contributed by atoms with van der Waals surface area (Å²) >= 11 is 5.72. The maximum Gasteiger partial charge on any atom is 0.133 e. The molecule has 0 aliphatic rings. The van der Waals surface area contributed by atoms with Crippen LogP contribution in [0.15, 0.2) is 24.5 Å². The standard InChI is InChI=1S/C9H9ClN2O/c1-13-12-6-11-8-3-2-7(5-10)4-9(8)12/h2-4,6H,5H2,1H3. The van der Waals surface area contributed by atoms with Gasteiger partial charge in [0.15, 0.2) is 0 Å². The number of hydrogen-bond donors (Lipinski definition) is 0. The van der Waals surface area contributed by atoms with Gasteiger partial charge in [-0.2, -0.15) is 4.73 Å². The number of hydrogen-bond acceptors (Lipinski definition) is 2.